The molecule has 1 aromatic rings. The van der Waals surface area contributed by atoms with Crippen molar-refractivity contribution in [1.29, 1.82) is 0 Å². The Labute approximate surface area is 126 Å². The van der Waals surface area contributed by atoms with Crippen LogP contribution in [0.15, 0.2) is 27.6 Å². The first-order chi connectivity index (χ1) is 9.19. The third-order valence-electron chi connectivity index (χ3n) is 2.63. The van der Waals surface area contributed by atoms with Gasteiger partial charge in [0.25, 0.3) is 0 Å². The number of methoxy groups -OCH3 is 1. The molecule has 0 aromatic heterocycles. The van der Waals surface area contributed by atoms with Crippen LogP contribution in [0, 0.1) is 5.92 Å². The van der Waals surface area contributed by atoms with Gasteiger partial charge in [0, 0.05) is 4.47 Å². The van der Waals surface area contributed by atoms with E-state index >= 15 is 0 Å². The van der Waals surface area contributed by atoms with Crippen LogP contribution in [0.5, 0.6) is 5.75 Å². The summed E-state index contributed by atoms with van der Waals surface area (Å²) in [5.41, 5.74) is 0. The number of ether oxygens (including phenoxy) is 1. The summed E-state index contributed by atoms with van der Waals surface area (Å²) in [6.45, 7) is 3.25. The highest BCUT2D eigenvalue weighted by Gasteiger charge is 2.29. The van der Waals surface area contributed by atoms with Crippen molar-refractivity contribution in [2.24, 2.45) is 5.92 Å². The standard InChI is InChI=1S/C12H16BrNO5S/c1-7(2)11(12(15)16)14-20(17,18)10-6-8(13)4-5-9(10)19-3/h4-7,11,14H,1-3H3,(H,15,16)/t11-/m0/s1. The maximum absolute atomic E-state index is 12.3. The van der Waals surface area contributed by atoms with Crippen LogP contribution in [-0.4, -0.2) is 32.6 Å². The zero-order valence-corrected chi connectivity index (χ0v) is 13.7. The Morgan fingerprint density at radius 1 is 1.40 bits per heavy atom. The molecular formula is C12H16BrNO5S. The van der Waals surface area contributed by atoms with Crippen LogP contribution in [0.3, 0.4) is 0 Å². The van der Waals surface area contributed by atoms with E-state index in [1.165, 1.54) is 19.2 Å². The topological polar surface area (TPSA) is 92.7 Å². The molecule has 20 heavy (non-hydrogen) atoms. The molecule has 0 saturated heterocycles. The van der Waals surface area contributed by atoms with E-state index in [0.29, 0.717) is 4.47 Å². The molecule has 1 rings (SSSR count). The fourth-order valence-corrected chi connectivity index (χ4v) is 3.61. The first kappa shape index (κ1) is 16.9. The van der Waals surface area contributed by atoms with Gasteiger partial charge in [-0.25, -0.2) is 8.42 Å². The number of carboxylic acid groups (broad SMARTS) is 1. The van der Waals surface area contributed by atoms with Crippen molar-refractivity contribution >= 4 is 31.9 Å². The van der Waals surface area contributed by atoms with Gasteiger partial charge in [-0.2, -0.15) is 4.72 Å². The first-order valence-corrected chi connectivity index (χ1v) is 8.05. The number of hydrogen-bond acceptors (Lipinski definition) is 4. The molecule has 112 valence electrons. The molecule has 2 N–H and O–H groups in total. The minimum atomic E-state index is -4.00. The number of sulfonamides is 1. The highest BCUT2D eigenvalue weighted by molar-refractivity contribution is 9.10. The smallest absolute Gasteiger partial charge is 0.322 e. The van der Waals surface area contributed by atoms with E-state index in [2.05, 4.69) is 20.7 Å². The third-order valence-corrected chi connectivity index (χ3v) is 4.59. The molecule has 0 heterocycles. The molecule has 1 aromatic carbocycles. The second-order valence-electron chi connectivity index (χ2n) is 4.48. The minimum Gasteiger partial charge on any atom is -0.495 e. The van der Waals surface area contributed by atoms with Crippen LogP contribution in [0.2, 0.25) is 0 Å². The zero-order chi connectivity index (χ0) is 15.5. The number of aliphatic carboxylic acids is 1. The number of carboxylic acids is 1. The molecular weight excluding hydrogens is 350 g/mol. The lowest BCUT2D eigenvalue weighted by atomic mass is 10.1. The predicted molar refractivity (Wildman–Crippen MR) is 77.3 cm³/mol. The fourth-order valence-electron chi connectivity index (χ4n) is 1.56. The van der Waals surface area contributed by atoms with E-state index in [1.54, 1.807) is 19.9 Å². The summed E-state index contributed by atoms with van der Waals surface area (Å²) < 4.78 is 32.4. The average Bonchev–Trinajstić information content (AvgIpc) is 2.35. The van der Waals surface area contributed by atoms with Crippen LogP contribution in [0.25, 0.3) is 0 Å². The number of benzene rings is 1. The fraction of sp³-hybridized carbons (Fsp3) is 0.417. The Morgan fingerprint density at radius 2 is 2.00 bits per heavy atom. The van der Waals surface area contributed by atoms with Gasteiger partial charge in [-0.15, -0.1) is 0 Å². The van der Waals surface area contributed by atoms with Gasteiger partial charge >= 0.3 is 5.97 Å². The molecule has 0 radical (unpaired) electrons. The van der Waals surface area contributed by atoms with Crippen LogP contribution in [0.1, 0.15) is 13.8 Å². The van der Waals surface area contributed by atoms with Crippen LogP contribution < -0.4 is 9.46 Å². The summed E-state index contributed by atoms with van der Waals surface area (Å²) in [5.74, 6) is -1.47. The second-order valence-corrected chi connectivity index (χ2v) is 7.07. The molecule has 1 atom stereocenters. The summed E-state index contributed by atoms with van der Waals surface area (Å²) in [6, 6.07) is 3.28. The van der Waals surface area contributed by atoms with E-state index in [1.807, 2.05) is 0 Å². The average molecular weight is 366 g/mol. The second kappa shape index (κ2) is 6.55. The lowest BCUT2D eigenvalue weighted by molar-refractivity contribution is -0.140. The largest absolute Gasteiger partial charge is 0.495 e. The third kappa shape index (κ3) is 3.94. The molecule has 0 aliphatic carbocycles. The summed E-state index contributed by atoms with van der Waals surface area (Å²) in [7, 11) is -2.65. The van der Waals surface area contributed by atoms with Gasteiger partial charge in [-0.3, -0.25) is 4.79 Å². The first-order valence-electron chi connectivity index (χ1n) is 5.77. The van der Waals surface area contributed by atoms with Gasteiger partial charge < -0.3 is 9.84 Å². The molecule has 0 unspecified atom stereocenters. The van der Waals surface area contributed by atoms with E-state index in [0.717, 1.165) is 0 Å². The molecule has 8 heteroatoms. The predicted octanol–water partition coefficient (Wildman–Crippen LogP) is 1.85. The molecule has 0 aliphatic heterocycles. The normalized spacial score (nSPS) is 13.2. The highest BCUT2D eigenvalue weighted by atomic mass is 79.9. The van der Waals surface area contributed by atoms with Gasteiger partial charge in [0.05, 0.1) is 7.11 Å². The van der Waals surface area contributed by atoms with Crippen molar-refractivity contribution in [2.45, 2.75) is 24.8 Å². The molecule has 0 amide bonds. The van der Waals surface area contributed by atoms with Crippen molar-refractivity contribution in [3.8, 4) is 5.75 Å². The van der Waals surface area contributed by atoms with Gasteiger partial charge in [-0.1, -0.05) is 29.8 Å². The van der Waals surface area contributed by atoms with Gasteiger partial charge in [0.1, 0.15) is 16.7 Å². The van der Waals surface area contributed by atoms with Crippen molar-refractivity contribution < 1.29 is 23.1 Å². The molecule has 6 nitrogen and oxygen atoms in total. The van der Waals surface area contributed by atoms with Crippen LogP contribution >= 0.6 is 15.9 Å². The van der Waals surface area contributed by atoms with Crippen LogP contribution in [0.4, 0.5) is 0 Å². The number of halogens is 1. The van der Waals surface area contributed by atoms with E-state index in [-0.39, 0.29) is 16.6 Å². The van der Waals surface area contributed by atoms with Crippen LogP contribution in [-0.2, 0) is 14.8 Å². The number of hydrogen-bond donors (Lipinski definition) is 2. The number of nitrogens with one attached hydrogen (secondary N) is 1. The molecule has 0 fully saturated rings. The zero-order valence-electron chi connectivity index (χ0n) is 11.3. The number of carbonyl (C=O) groups is 1. The Hall–Kier alpha value is -1.12. The van der Waals surface area contributed by atoms with Gasteiger partial charge in [-0.05, 0) is 24.1 Å². The highest BCUT2D eigenvalue weighted by Crippen LogP contribution is 2.27. The van der Waals surface area contributed by atoms with Crippen molar-refractivity contribution in [1.82, 2.24) is 4.72 Å². The number of rotatable bonds is 6. The Balaban J connectivity index is 3.23. The van der Waals surface area contributed by atoms with Gasteiger partial charge in [0.15, 0.2) is 0 Å². The minimum absolute atomic E-state index is 0.110. The summed E-state index contributed by atoms with van der Waals surface area (Å²) in [6.07, 6.45) is 0. The Morgan fingerprint density at radius 3 is 2.45 bits per heavy atom. The monoisotopic (exact) mass is 365 g/mol. The van der Waals surface area contributed by atoms with Crippen molar-refractivity contribution in [2.75, 3.05) is 7.11 Å². The molecule has 0 bridgehead atoms. The summed E-state index contributed by atoms with van der Waals surface area (Å²) in [4.78, 5) is 11.0. The summed E-state index contributed by atoms with van der Waals surface area (Å²) in [5, 5.41) is 9.07. The molecule has 0 saturated carbocycles. The SMILES string of the molecule is COc1ccc(Br)cc1S(=O)(=O)N[C@H](C(=O)O)C(C)C. The maximum atomic E-state index is 12.3. The van der Waals surface area contributed by atoms with Crippen molar-refractivity contribution in [3.63, 3.8) is 0 Å². The van der Waals surface area contributed by atoms with Gasteiger partial charge in [0.2, 0.25) is 10.0 Å². The van der Waals surface area contributed by atoms with E-state index in [9.17, 15) is 13.2 Å². The van der Waals surface area contributed by atoms with E-state index < -0.39 is 22.0 Å². The maximum Gasteiger partial charge on any atom is 0.322 e. The van der Waals surface area contributed by atoms with E-state index in [4.69, 9.17) is 9.84 Å². The lowest BCUT2D eigenvalue weighted by Crippen LogP contribution is -2.44. The molecule has 0 aliphatic rings. The molecule has 0 spiro atoms. The summed E-state index contributed by atoms with van der Waals surface area (Å²) >= 11 is 3.18. The Bertz CT molecular complexity index is 600. The Kier molecular flexibility index (Phi) is 5.55. The quantitative estimate of drug-likeness (QED) is 0.802. The van der Waals surface area contributed by atoms with Crippen molar-refractivity contribution in [3.05, 3.63) is 22.7 Å². The lowest BCUT2D eigenvalue weighted by Gasteiger charge is -2.19.